The van der Waals surface area contributed by atoms with Crippen molar-refractivity contribution in [3.05, 3.63) is 24.4 Å². The Morgan fingerprint density at radius 3 is 2.29 bits per heavy atom. The summed E-state index contributed by atoms with van der Waals surface area (Å²) in [6, 6.07) is 5.87. The van der Waals surface area contributed by atoms with Gasteiger partial charge in [0.05, 0.1) is 0 Å². The van der Waals surface area contributed by atoms with Gasteiger partial charge in [-0.15, -0.1) is 0 Å². The SMILES string of the molecule is CCN(CC)C(=O)C1(C(=O)N2CCN(c3ccccn3)CC2)CC1. The number of anilines is 1. The molecule has 2 aliphatic rings. The summed E-state index contributed by atoms with van der Waals surface area (Å²) in [6.45, 7) is 8.10. The van der Waals surface area contributed by atoms with Crippen LogP contribution in [-0.4, -0.2) is 65.9 Å². The smallest absolute Gasteiger partial charge is 0.238 e. The average Bonchev–Trinajstić information content (AvgIpc) is 3.45. The summed E-state index contributed by atoms with van der Waals surface area (Å²) in [7, 11) is 0. The van der Waals surface area contributed by atoms with Gasteiger partial charge in [0.15, 0.2) is 0 Å². The van der Waals surface area contributed by atoms with Crippen LogP contribution in [0.15, 0.2) is 24.4 Å². The van der Waals surface area contributed by atoms with E-state index in [1.54, 1.807) is 11.1 Å². The van der Waals surface area contributed by atoms with E-state index in [-0.39, 0.29) is 11.8 Å². The molecule has 0 atom stereocenters. The number of hydrogen-bond acceptors (Lipinski definition) is 4. The zero-order valence-electron chi connectivity index (χ0n) is 14.6. The predicted molar refractivity (Wildman–Crippen MR) is 92.6 cm³/mol. The molecule has 1 aromatic rings. The van der Waals surface area contributed by atoms with Crippen molar-refractivity contribution in [2.45, 2.75) is 26.7 Å². The Bertz CT molecular complexity index is 588. The van der Waals surface area contributed by atoms with Gasteiger partial charge in [-0.2, -0.15) is 0 Å². The second kappa shape index (κ2) is 6.79. The average molecular weight is 330 g/mol. The molecule has 2 amide bonds. The predicted octanol–water partition coefficient (Wildman–Crippen LogP) is 1.38. The highest BCUT2D eigenvalue weighted by Gasteiger charge is 2.59. The highest BCUT2D eigenvalue weighted by atomic mass is 16.2. The number of pyridine rings is 1. The second-order valence-electron chi connectivity index (χ2n) is 6.53. The van der Waals surface area contributed by atoms with Crippen LogP contribution in [0.5, 0.6) is 0 Å². The van der Waals surface area contributed by atoms with Crippen LogP contribution in [0.1, 0.15) is 26.7 Å². The molecule has 1 aliphatic heterocycles. The lowest BCUT2D eigenvalue weighted by molar-refractivity contribution is -0.149. The van der Waals surface area contributed by atoms with Gasteiger partial charge < -0.3 is 14.7 Å². The van der Waals surface area contributed by atoms with Gasteiger partial charge in [0.25, 0.3) is 0 Å². The van der Waals surface area contributed by atoms with Gasteiger partial charge in [0.1, 0.15) is 11.2 Å². The van der Waals surface area contributed by atoms with Crippen LogP contribution in [0.25, 0.3) is 0 Å². The zero-order chi connectivity index (χ0) is 17.2. The highest BCUT2D eigenvalue weighted by Crippen LogP contribution is 2.49. The van der Waals surface area contributed by atoms with E-state index in [4.69, 9.17) is 0 Å². The third-order valence-corrected chi connectivity index (χ3v) is 5.16. The van der Waals surface area contributed by atoms with Crippen molar-refractivity contribution < 1.29 is 9.59 Å². The van der Waals surface area contributed by atoms with Crippen molar-refractivity contribution in [2.75, 3.05) is 44.2 Å². The Morgan fingerprint density at radius 2 is 1.79 bits per heavy atom. The zero-order valence-corrected chi connectivity index (χ0v) is 14.6. The fourth-order valence-corrected chi connectivity index (χ4v) is 3.44. The van der Waals surface area contributed by atoms with Crippen LogP contribution in [0.2, 0.25) is 0 Å². The van der Waals surface area contributed by atoms with Gasteiger partial charge in [-0.05, 0) is 38.8 Å². The molecular formula is C18H26N4O2. The van der Waals surface area contributed by atoms with Crippen molar-refractivity contribution in [3.8, 4) is 0 Å². The first-order valence-corrected chi connectivity index (χ1v) is 8.87. The molecule has 0 bridgehead atoms. The van der Waals surface area contributed by atoms with Crippen LogP contribution in [0, 0.1) is 5.41 Å². The molecule has 1 saturated heterocycles. The number of piperazine rings is 1. The second-order valence-corrected chi connectivity index (χ2v) is 6.53. The van der Waals surface area contributed by atoms with E-state index < -0.39 is 5.41 Å². The summed E-state index contributed by atoms with van der Waals surface area (Å²) in [6.07, 6.45) is 3.18. The summed E-state index contributed by atoms with van der Waals surface area (Å²) in [5.41, 5.74) is -0.765. The first kappa shape index (κ1) is 16.7. The van der Waals surface area contributed by atoms with Crippen LogP contribution in [0.4, 0.5) is 5.82 Å². The summed E-state index contributed by atoms with van der Waals surface area (Å²) < 4.78 is 0. The van der Waals surface area contributed by atoms with E-state index in [2.05, 4.69) is 9.88 Å². The van der Waals surface area contributed by atoms with Gasteiger partial charge >= 0.3 is 0 Å². The van der Waals surface area contributed by atoms with Crippen LogP contribution < -0.4 is 4.90 Å². The lowest BCUT2D eigenvalue weighted by Crippen LogP contribution is -2.53. The molecule has 0 spiro atoms. The molecule has 6 nitrogen and oxygen atoms in total. The van der Waals surface area contributed by atoms with Crippen molar-refractivity contribution in [1.82, 2.24) is 14.8 Å². The maximum Gasteiger partial charge on any atom is 0.238 e. The lowest BCUT2D eigenvalue weighted by Gasteiger charge is -2.37. The number of carbonyl (C=O) groups excluding carboxylic acids is 2. The molecule has 3 rings (SSSR count). The van der Waals surface area contributed by atoms with E-state index in [1.165, 1.54) is 0 Å². The van der Waals surface area contributed by atoms with Gasteiger partial charge in [-0.3, -0.25) is 9.59 Å². The normalized spacial score (nSPS) is 19.1. The van der Waals surface area contributed by atoms with E-state index in [1.807, 2.05) is 36.9 Å². The van der Waals surface area contributed by atoms with Crippen LogP contribution in [0.3, 0.4) is 0 Å². The van der Waals surface area contributed by atoms with Gasteiger partial charge in [0, 0.05) is 45.5 Å². The van der Waals surface area contributed by atoms with Crippen molar-refractivity contribution in [2.24, 2.45) is 5.41 Å². The van der Waals surface area contributed by atoms with Crippen molar-refractivity contribution in [3.63, 3.8) is 0 Å². The van der Waals surface area contributed by atoms with Crippen LogP contribution in [-0.2, 0) is 9.59 Å². The van der Waals surface area contributed by atoms with E-state index in [9.17, 15) is 9.59 Å². The molecule has 1 aromatic heterocycles. The largest absolute Gasteiger partial charge is 0.353 e. The minimum absolute atomic E-state index is 0.0182. The summed E-state index contributed by atoms with van der Waals surface area (Å²) in [5, 5.41) is 0. The molecule has 0 N–H and O–H groups in total. The van der Waals surface area contributed by atoms with Crippen LogP contribution >= 0.6 is 0 Å². The van der Waals surface area contributed by atoms with Gasteiger partial charge in [-0.1, -0.05) is 6.07 Å². The fraction of sp³-hybridized carbons (Fsp3) is 0.611. The summed E-state index contributed by atoms with van der Waals surface area (Å²) in [5.74, 6) is 0.995. The molecule has 1 saturated carbocycles. The molecule has 2 fully saturated rings. The number of hydrogen-bond donors (Lipinski definition) is 0. The molecule has 0 radical (unpaired) electrons. The van der Waals surface area contributed by atoms with Gasteiger partial charge in [-0.25, -0.2) is 4.98 Å². The quantitative estimate of drug-likeness (QED) is 0.766. The molecule has 6 heteroatoms. The highest BCUT2D eigenvalue weighted by molar-refractivity contribution is 6.07. The van der Waals surface area contributed by atoms with Crippen molar-refractivity contribution >= 4 is 17.6 Å². The van der Waals surface area contributed by atoms with E-state index in [0.717, 1.165) is 18.9 Å². The molecule has 2 heterocycles. The number of rotatable bonds is 5. The molecular weight excluding hydrogens is 304 g/mol. The first-order chi connectivity index (χ1) is 11.6. The standard InChI is InChI=1S/C18H26N4O2/c1-3-20(4-2)16(23)18(8-9-18)17(24)22-13-11-21(12-14-22)15-7-5-6-10-19-15/h5-7,10H,3-4,8-9,11-14H2,1-2H3. The summed E-state index contributed by atoms with van der Waals surface area (Å²) >= 11 is 0. The number of nitrogens with zero attached hydrogens (tertiary/aromatic N) is 4. The monoisotopic (exact) mass is 330 g/mol. The van der Waals surface area contributed by atoms with Crippen molar-refractivity contribution in [1.29, 1.82) is 0 Å². The fourth-order valence-electron chi connectivity index (χ4n) is 3.44. The minimum atomic E-state index is -0.765. The number of aromatic nitrogens is 1. The Balaban J connectivity index is 1.62. The minimum Gasteiger partial charge on any atom is -0.353 e. The molecule has 1 aliphatic carbocycles. The molecule has 0 unspecified atom stereocenters. The molecule has 130 valence electrons. The summed E-state index contributed by atoms with van der Waals surface area (Å²) in [4.78, 5) is 35.9. The Morgan fingerprint density at radius 1 is 1.12 bits per heavy atom. The third kappa shape index (κ3) is 2.97. The number of carbonyl (C=O) groups is 2. The number of amides is 2. The maximum atomic E-state index is 12.9. The van der Waals surface area contributed by atoms with E-state index >= 15 is 0 Å². The Labute approximate surface area is 143 Å². The maximum absolute atomic E-state index is 12.9. The van der Waals surface area contributed by atoms with E-state index in [0.29, 0.717) is 39.0 Å². The van der Waals surface area contributed by atoms with Gasteiger partial charge in [0.2, 0.25) is 11.8 Å². The molecule has 24 heavy (non-hydrogen) atoms. The lowest BCUT2D eigenvalue weighted by atomic mass is 10.0. The Hall–Kier alpha value is -2.11. The topological polar surface area (TPSA) is 56.8 Å². The third-order valence-electron chi connectivity index (χ3n) is 5.16. The first-order valence-electron chi connectivity index (χ1n) is 8.87. The molecule has 0 aromatic carbocycles. The Kier molecular flexibility index (Phi) is 4.73.